The topological polar surface area (TPSA) is 28.7 Å². The van der Waals surface area contributed by atoms with Crippen LogP contribution in [0.2, 0.25) is 0 Å². The molecule has 1 aromatic heterocycles. The van der Waals surface area contributed by atoms with Crippen LogP contribution >= 0.6 is 0 Å². The van der Waals surface area contributed by atoms with Crippen LogP contribution in [0, 0.1) is 5.92 Å². The van der Waals surface area contributed by atoms with Crippen molar-refractivity contribution in [3.8, 4) is 22.5 Å². The first-order valence-corrected chi connectivity index (χ1v) is 8.41. The van der Waals surface area contributed by atoms with Gasteiger partial charge < -0.3 is 4.98 Å². The van der Waals surface area contributed by atoms with Crippen molar-refractivity contribution in [2.45, 2.75) is 13.3 Å². The number of nitrogens with one attached hydrogen (secondary N) is 1. The molecular formula is C22H20N2. The van der Waals surface area contributed by atoms with Crippen molar-refractivity contribution in [3.63, 3.8) is 0 Å². The first-order valence-electron chi connectivity index (χ1n) is 8.41. The van der Waals surface area contributed by atoms with E-state index in [1.54, 1.807) is 0 Å². The normalized spacial score (nSPS) is 16.9. The second-order valence-electron chi connectivity index (χ2n) is 6.27. The highest BCUT2D eigenvalue weighted by Gasteiger charge is 2.16. The van der Waals surface area contributed by atoms with Crippen molar-refractivity contribution in [3.05, 3.63) is 84.7 Å². The predicted molar refractivity (Wildman–Crippen MR) is 100 cm³/mol. The van der Waals surface area contributed by atoms with Crippen LogP contribution < -0.4 is 0 Å². The van der Waals surface area contributed by atoms with Gasteiger partial charge in [-0.15, -0.1) is 0 Å². The first kappa shape index (κ1) is 14.7. The molecule has 0 aliphatic heterocycles. The zero-order valence-corrected chi connectivity index (χ0v) is 13.7. The average molecular weight is 312 g/mol. The van der Waals surface area contributed by atoms with E-state index >= 15 is 0 Å². The Morgan fingerprint density at radius 1 is 0.917 bits per heavy atom. The molecule has 24 heavy (non-hydrogen) atoms. The molecule has 0 fully saturated rings. The van der Waals surface area contributed by atoms with E-state index in [0.29, 0.717) is 5.92 Å². The summed E-state index contributed by atoms with van der Waals surface area (Å²) in [6.45, 7) is 2.23. The molecule has 1 aliphatic rings. The quantitative estimate of drug-likeness (QED) is 0.658. The van der Waals surface area contributed by atoms with Crippen molar-refractivity contribution in [2.75, 3.05) is 0 Å². The number of aromatic nitrogens is 2. The van der Waals surface area contributed by atoms with Crippen molar-refractivity contribution >= 4 is 5.57 Å². The summed E-state index contributed by atoms with van der Waals surface area (Å²) in [7, 11) is 0. The van der Waals surface area contributed by atoms with Gasteiger partial charge in [0.1, 0.15) is 5.82 Å². The van der Waals surface area contributed by atoms with E-state index in [1.165, 1.54) is 5.57 Å². The molecule has 3 aromatic rings. The zero-order valence-electron chi connectivity index (χ0n) is 13.7. The molecule has 1 aliphatic carbocycles. The number of hydrogen-bond acceptors (Lipinski definition) is 1. The summed E-state index contributed by atoms with van der Waals surface area (Å²) in [5.41, 5.74) is 5.54. The Bertz CT molecular complexity index is 829. The fourth-order valence-corrected chi connectivity index (χ4v) is 3.03. The van der Waals surface area contributed by atoms with Gasteiger partial charge in [-0.25, -0.2) is 4.98 Å². The van der Waals surface area contributed by atoms with Crippen LogP contribution in [-0.4, -0.2) is 9.97 Å². The summed E-state index contributed by atoms with van der Waals surface area (Å²) >= 11 is 0. The van der Waals surface area contributed by atoms with Gasteiger partial charge in [-0.3, -0.25) is 0 Å². The first-order chi connectivity index (χ1) is 11.8. The molecule has 0 saturated heterocycles. The number of imidazole rings is 1. The highest BCUT2D eigenvalue weighted by atomic mass is 14.9. The Kier molecular flexibility index (Phi) is 3.87. The van der Waals surface area contributed by atoms with Crippen LogP contribution in [-0.2, 0) is 0 Å². The molecule has 0 saturated carbocycles. The molecule has 0 spiro atoms. The van der Waals surface area contributed by atoms with E-state index in [2.05, 4.69) is 78.7 Å². The van der Waals surface area contributed by atoms with Crippen LogP contribution in [0.5, 0.6) is 0 Å². The lowest BCUT2D eigenvalue weighted by Gasteiger charge is -2.09. The Morgan fingerprint density at radius 3 is 2.21 bits per heavy atom. The van der Waals surface area contributed by atoms with Crippen LogP contribution in [0.25, 0.3) is 28.1 Å². The summed E-state index contributed by atoms with van der Waals surface area (Å²) < 4.78 is 0. The standard InChI is InChI=1S/C22H20N2/c1-16-12-14-19(15-13-16)22-23-20(17-8-4-2-5-9-17)21(24-22)18-10-6-3-7-11-18/h2-12,14-16H,13H2,1H3,(H,23,24). The van der Waals surface area contributed by atoms with Crippen LogP contribution in [0.1, 0.15) is 19.2 Å². The molecule has 118 valence electrons. The van der Waals surface area contributed by atoms with E-state index in [9.17, 15) is 0 Å². The number of benzene rings is 2. The number of hydrogen-bond donors (Lipinski definition) is 1. The maximum Gasteiger partial charge on any atom is 0.138 e. The van der Waals surface area contributed by atoms with Crippen molar-refractivity contribution in [2.24, 2.45) is 5.92 Å². The van der Waals surface area contributed by atoms with Crippen LogP contribution in [0.4, 0.5) is 0 Å². The van der Waals surface area contributed by atoms with Crippen molar-refractivity contribution < 1.29 is 0 Å². The molecule has 0 bridgehead atoms. The van der Waals surface area contributed by atoms with Gasteiger partial charge in [0.25, 0.3) is 0 Å². The van der Waals surface area contributed by atoms with Gasteiger partial charge in [-0.05, 0) is 12.3 Å². The molecular weight excluding hydrogens is 292 g/mol. The highest BCUT2D eigenvalue weighted by molar-refractivity contribution is 5.82. The van der Waals surface area contributed by atoms with E-state index in [1.807, 2.05) is 12.1 Å². The third-order valence-electron chi connectivity index (χ3n) is 4.40. The lowest BCUT2D eigenvalue weighted by Crippen LogP contribution is -1.95. The van der Waals surface area contributed by atoms with Gasteiger partial charge in [0.15, 0.2) is 0 Å². The minimum Gasteiger partial charge on any atom is -0.337 e. The number of rotatable bonds is 3. The van der Waals surface area contributed by atoms with Crippen molar-refractivity contribution in [1.29, 1.82) is 0 Å². The molecule has 0 amide bonds. The van der Waals surface area contributed by atoms with Gasteiger partial charge in [0.2, 0.25) is 0 Å². The van der Waals surface area contributed by atoms with Gasteiger partial charge in [0.05, 0.1) is 11.4 Å². The van der Waals surface area contributed by atoms with Gasteiger partial charge in [0, 0.05) is 16.7 Å². The largest absolute Gasteiger partial charge is 0.337 e. The molecule has 2 heteroatoms. The highest BCUT2D eigenvalue weighted by Crippen LogP contribution is 2.33. The number of aromatic amines is 1. The third-order valence-corrected chi connectivity index (χ3v) is 4.40. The molecule has 1 atom stereocenters. The summed E-state index contributed by atoms with van der Waals surface area (Å²) in [6, 6.07) is 20.8. The van der Waals surface area contributed by atoms with Gasteiger partial charge >= 0.3 is 0 Å². The molecule has 1 heterocycles. The number of nitrogens with zero attached hydrogens (tertiary/aromatic N) is 1. The molecule has 2 nitrogen and oxygen atoms in total. The average Bonchev–Trinajstić information content (AvgIpc) is 3.09. The monoisotopic (exact) mass is 312 g/mol. The summed E-state index contributed by atoms with van der Waals surface area (Å²) in [5, 5.41) is 0. The Morgan fingerprint density at radius 2 is 1.58 bits per heavy atom. The summed E-state index contributed by atoms with van der Waals surface area (Å²) in [4.78, 5) is 8.48. The SMILES string of the molecule is CC1C=CC(c2nc(-c3ccccc3)c(-c3ccccc3)[nH]2)=CC1. The maximum absolute atomic E-state index is 4.93. The predicted octanol–water partition coefficient (Wildman–Crippen LogP) is 5.72. The maximum atomic E-state index is 4.93. The molecule has 1 N–H and O–H groups in total. The fourth-order valence-electron chi connectivity index (χ4n) is 3.03. The van der Waals surface area contributed by atoms with E-state index in [0.717, 1.165) is 34.8 Å². The zero-order chi connectivity index (χ0) is 16.4. The molecule has 2 aromatic carbocycles. The number of H-pyrrole nitrogens is 1. The van der Waals surface area contributed by atoms with Gasteiger partial charge in [-0.1, -0.05) is 85.8 Å². The summed E-state index contributed by atoms with van der Waals surface area (Å²) in [6.07, 6.45) is 7.76. The second-order valence-corrected chi connectivity index (χ2v) is 6.27. The second kappa shape index (κ2) is 6.32. The van der Waals surface area contributed by atoms with Crippen LogP contribution in [0.3, 0.4) is 0 Å². The van der Waals surface area contributed by atoms with E-state index in [-0.39, 0.29) is 0 Å². The van der Waals surface area contributed by atoms with Crippen LogP contribution in [0.15, 0.2) is 78.9 Å². The minimum atomic E-state index is 0.603. The lowest BCUT2D eigenvalue weighted by atomic mass is 9.98. The van der Waals surface area contributed by atoms with E-state index in [4.69, 9.17) is 4.98 Å². The van der Waals surface area contributed by atoms with Gasteiger partial charge in [-0.2, -0.15) is 0 Å². The van der Waals surface area contributed by atoms with Crippen molar-refractivity contribution in [1.82, 2.24) is 9.97 Å². The lowest BCUT2D eigenvalue weighted by molar-refractivity contribution is 0.738. The van der Waals surface area contributed by atoms with E-state index < -0.39 is 0 Å². The number of allylic oxidation sites excluding steroid dienone is 4. The molecule has 0 radical (unpaired) electrons. The Hall–Kier alpha value is -2.87. The Labute approximate surface area is 142 Å². The molecule has 1 unspecified atom stereocenters. The third kappa shape index (κ3) is 2.83. The fraction of sp³-hybridized carbons (Fsp3) is 0.136. The minimum absolute atomic E-state index is 0.603. The molecule has 4 rings (SSSR count). The summed E-state index contributed by atoms with van der Waals surface area (Å²) in [5.74, 6) is 1.54. The smallest absolute Gasteiger partial charge is 0.138 e. The Balaban J connectivity index is 1.84.